The summed E-state index contributed by atoms with van der Waals surface area (Å²) in [6.07, 6.45) is 2.00. The van der Waals surface area contributed by atoms with Crippen LogP contribution in [0.3, 0.4) is 0 Å². The molecule has 2 aliphatic rings. The van der Waals surface area contributed by atoms with Gasteiger partial charge in [-0.1, -0.05) is 18.5 Å². The van der Waals surface area contributed by atoms with Crippen molar-refractivity contribution in [2.75, 3.05) is 13.2 Å². The zero-order valence-corrected chi connectivity index (χ0v) is 13.9. The van der Waals surface area contributed by atoms with Crippen LogP contribution in [0.1, 0.15) is 36.5 Å². The van der Waals surface area contributed by atoms with Gasteiger partial charge in [-0.2, -0.15) is 0 Å². The third-order valence-electron chi connectivity index (χ3n) is 4.42. The number of nitro benzene ring substituents is 1. The molecule has 3 atom stereocenters. The maximum absolute atomic E-state index is 12.3. The fraction of sp³-hybridized carbons (Fsp3) is 0.529. The normalized spacial score (nSPS) is 24.4. The highest BCUT2D eigenvalue weighted by atomic mass is 16.6. The van der Waals surface area contributed by atoms with Crippen molar-refractivity contribution in [3.05, 3.63) is 39.9 Å². The van der Waals surface area contributed by atoms with E-state index < -0.39 is 10.9 Å². The fourth-order valence-corrected chi connectivity index (χ4v) is 3.01. The predicted octanol–water partition coefficient (Wildman–Crippen LogP) is 2.71. The van der Waals surface area contributed by atoms with E-state index in [0.29, 0.717) is 19.6 Å². The monoisotopic (exact) mass is 348 g/mol. The molecule has 1 heterocycles. The largest absolute Gasteiger partial charge is 0.458 e. The van der Waals surface area contributed by atoms with Crippen molar-refractivity contribution in [2.24, 2.45) is 11.1 Å². The molecule has 1 aliphatic carbocycles. The van der Waals surface area contributed by atoms with Gasteiger partial charge in [0.25, 0.3) is 5.69 Å². The number of nitrogens with zero attached hydrogens (tertiary/aromatic N) is 2. The maximum atomic E-state index is 12.3. The summed E-state index contributed by atoms with van der Waals surface area (Å²) in [7, 11) is 0. The number of ether oxygens (including phenoxy) is 2. The van der Waals surface area contributed by atoms with E-state index in [1.807, 2.05) is 0 Å². The standard InChI is InChI=1S/C17H20N2O6/c1-2-3-8-23-15-9-14(13-10-24-18-16(13)15)25-17(20)11-4-6-12(7-5-11)19(21)22/h4-7,13-15H,2-3,8-10H2,1H3/t13-,14+,15-/m1/s1. The molecular weight excluding hydrogens is 328 g/mol. The molecule has 0 saturated heterocycles. The smallest absolute Gasteiger partial charge is 0.338 e. The molecule has 1 aromatic rings. The van der Waals surface area contributed by atoms with Gasteiger partial charge in [0, 0.05) is 25.2 Å². The Morgan fingerprint density at radius 2 is 2.16 bits per heavy atom. The molecule has 0 unspecified atom stereocenters. The quantitative estimate of drug-likeness (QED) is 0.325. The molecule has 134 valence electrons. The van der Waals surface area contributed by atoms with Crippen LogP contribution in [0.2, 0.25) is 0 Å². The zero-order chi connectivity index (χ0) is 17.8. The lowest BCUT2D eigenvalue weighted by Crippen LogP contribution is -2.26. The summed E-state index contributed by atoms with van der Waals surface area (Å²) in [5, 5.41) is 14.7. The van der Waals surface area contributed by atoms with Crippen LogP contribution in [-0.4, -0.2) is 42.0 Å². The summed E-state index contributed by atoms with van der Waals surface area (Å²) in [4.78, 5) is 27.6. The first kappa shape index (κ1) is 17.3. The van der Waals surface area contributed by atoms with E-state index in [1.54, 1.807) is 0 Å². The Labute approximate surface area is 144 Å². The molecule has 0 aromatic heterocycles. The van der Waals surface area contributed by atoms with E-state index in [2.05, 4.69) is 12.1 Å². The topological polar surface area (TPSA) is 100 Å². The Kier molecular flexibility index (Phi) is 5.28. The van der Waals surface area contributed by atoms with Gasteiger partial charge in [0.2, 0.25) is 0 Å². The van der Waals surface area contributed by atoms with Gasteiger partial charge in [0.05, 0.1) is 22.1 Å². The zero-order valence-electron chi connectivity index (χ0n) is 13.9. The minimum Gasteiger partial charge on any atom is -0.458 e. The van der Waals surface area contributed by atoms with Crippen molar-refractivity contribution in [1.82, 2.24) is 0 Å². The van der Waals surface area contributed by atoms with E-state index in [1.165, 1.54) is 24.3 Å². The molecular formula is C17H20N2O6. The van der Waals surface area contributed by atoms with Crippen molar-refractivity contribution >= 4 is 17.4 Å². The third kappa shape index (κ3) is 3.79. The molecule has 0 N–H and O–H groups in total. The van der Waals surface area contributed by atoms with Gasteiger partial charge in [-0.25, -0.2) is 4.79 Å². The Balaban J connectivity index is 1.63. The highest BCUT2D eigenvalue weighted by Gasteiger charge is 2.47. The number of oxime groups is 1. The van der Waals surface area contributed by atoms with E-state index in [0.717, 1.165) is 18.6 Å². The molecule has 1 fully saturated rings. The van der Waals surface area contributed by atoms with Gasteiger partial charge in [0.15, 0.2) is 0 Å². The molecule has 1 aliphatic heterocycles. The molecule has 3 rings (SSSR count). The molecule has 0 bridgehead atoms. The third-order valence-corrected chi connectivity index (χ3v) is 4.42. The van der Waals surface area contributed by atoms with Gasteiger partial charge in [0.1, 0.15) is 18.8 Å². The van der Waals surface area contributed by atoms with E-state index in [9.17, 15) is 14.9 Å². The SMILES string of the molecule is CCCCO[C@@H]1C[C@H](OC(=O)c2ccc([N+](=O)[O-])cc2)[C@H]2CON=C12. The van der Waals surface area contributed by atoms with Crippen LogP contribution >= 0.6 is 0 Å². The van der Waals surface area contributed by atoms with Gasteiger partial charge >= 0.3 is 5.97 Å². The van der Waals surface area contributed by atoms with Gasteiger partial charge in [-0.15, -0.1) is 0 Å². The molecule has 25 heavy (non-hydrogen) atoms. The minimum absolute atomic E-state index is 0.0691. The van der Waals surface area contributed by atoms with Gasteiger partial charge < -0.3 is 14.3 Å². The van der Waals surface area contributed by atoms with Crippen molar-refractivity contribution in [3.63, 3.8) is 0 Å². The van der Waals surface area contributed by atoms with Crippen LogP contribution in [0.4, 0.5) is 5.69 Å². The van der Waals surface area contributed by atoms with E-state index in [4.69, 9.17) is 14.3 Å². The first-order valence-electron chi connectivity index (χ1n) is 8.37. The van der Waals surface area contributed by atoms with Crippen molar-refractivity contribution < 1.29 is 24.0 Å². The van der Waals surface area contributed by atoms with Crippen LogP contribution in [0.5, 0.6) is 0 Å². The van der Waals surface area contributed by atoms with E-state index >= 15 is 0 Å². The minimum atomic E-state index is -0.514. The second kappa shape index (κ2) is 7.60. The molecule has 0 spiro atoms. The first-order chi connectivity index (χ1) is 12.1. The summed E-state index contributed by atoms with van der Waals surface area (Å²) in [5.74, 6) is -0.603. The maximum Gasteiger partial charge on any atom is 0.338 e. The molecule has 8 nitrogen and oxygen atoms in total. The van der Waals surface area contributed by atoms with E-state index in [-0.39, 0.29) is 29.4 Å². The lowest BCUT2D eigenvalue weighted by molar-refractivity contribution is -0.384. The second-order valence-corrected chi connectivity index (χ2v) is 6.11. The summed E-state index contributed by atoms with van der Waals surface area (Å²) < 4.78 is 11.4. The van der Waals surface area contributed by atoms with Crippen molar-refractivity contribution in [2.45, 2.75) is 38.4 Å². The van der Waals surface area contributed by atoms with Crippen molar-refractivity contribution in [3.8, 4) is 0 Å². The fourth-order valence-electron chi connectivity index (χ4n) is 3.01. The Morgan fingerprint density at radius 1 is 1.40 bits per heavy atom. The van der Waals surface area contributed by atoms with Crippen LogP contribution < -0.4 is 0 Å². The average Bonchev–Trinajstić information content (AvgIpc) is 3.20. The van der Waals surface area contributed by atoms with Crippen LogP contribution in [0, 0.1) is 16.0 Å². The number of non-ortho nitro benzene ring substituents is 1. The van der Waals surface area contributed by atoms with Crippen LogP contribution in [0.25, 0.3) is 0 Å². The summed E-state index contributed by atoms with van der Waals surface area (Å²) in [6, 6.07) is 5.36. The number of carbonyl (C=O) groups excluding carboxylic acids is 1. The number of fused-ring (bicyclic) bond motifs is 1. The molecule has 8 heteroatoms. The highest BCUT2D eigenvalue weighted by Crippen LogP contribution is 2.33. The number of hydrogen-bond acceptors (Lipinski definition) is 7. The van der Waals surface area contributed by atoms with Crippen LogP contribution in [0.15, 0.2) is 29.4 Å². The Hall–Kier alpha value is -2.48. The van der Waals surface area contributed by atoms with Crippen LogP contribution in [-0.2, 0) is 14.3 Å². The highest BCUT2D eigenvalue weighted by molar-refractivity contribution is 5.95. The second-order valence-electron chi connectivity index (χ2n) is 6.11. The molecule has 1 aromatic carbocycles. The lowest BCUT2D eigenvalue weighted by Gasteiger charge is -2.16. The average molecular weight is 348 g/mol. The number of carbonyl (C=O) groups is 1. The summed E-state index contributed by atoms with van der Waals surface area (Å²) in [6.45, 7) is 3.10. The summed E-state index contributed by atoms with van der Waals surface area (Å²) in [5.41, 5.74) is 1.01. The lowest BCUT2D eigenvalue weighted by atomic mass is 10.1. The number of benzene rings is 1. The Bertz CT molecular complexity index is 672. The predicted molar refractivity (Wildman–Crippen MR) is 88.4 cm³/mol. The molecule has 1 saturated carbocycles. The number of esters is 1. The van der Waals surface area contributed by atoms with Gasteiger partial charge in [-0.3, -0.25) is 10.1 Å². The summed E-state index contributed by atoms with van der Waals surface area (Å²) >= 11 is 0. The van der Waals surface area contributed by atoms with Gasteiger partial charge in [-0.05, 0) is 18.6 Å². The van der Waals surface area contributed by atoms with Crippen molar-refractivity contribution in [1.29, 1.82) is 0 Å². The number of unbranched alkanes of at least 4 members (excludes halogenated alkanes) is 1. The molecule has 0 amide bonds. The first-order valence-corrected chi connectivity index (χ1v) is 8.37. The number of hydrogen-bond donors (Lipinski definition) is 0. The number of nitro groups is 1. The molecule has 0 radical (unpaired) electrons. The Morgan fingerprint density at radius 3 is 2.84 bits per heavy atom. The number of rotatable bonds is 7.